The van der Waals surface area contributed by atoms with Crippen LogP contribution in [0.25, 0.3) is 0 Å². The highest BCUT2D eigenvalue weighted by atomic mass is 32.2. The van der Waals surface area contributed by atoms with Crippen LogP contribution in [0.4, 0.5) is 0 Å². The van der Waals surface area contributed by atoms with Crippen molar-refractivity contribution in [2.75, 3.05) is 6.26 Å². The number of carbonyl (C=O) groups is 1. The fourth-order valence-corrected chi connectivity index (χ4v) is 1.05. The van der Waals surface area contributed by atoms with Crippen LogP contribution in [0.2, 0.25) is 0 Å². The Hall–Kier alpha value is -1.04. The summed E-state index contributed by atoms with van der Waals surface area (Å²) >= 11 is 0. The van der Waals surface area contributed by atoms with E-state index < -0.39 is 21.8 Å². The maximum Gasteiger partial charge on any atom is 0.372 e. The van der Waals surface area contributed by atoms with Gasteiger partial charge in [-0.05, 0) is 12.0 Å². The van der Waals surface area contributed by atoms with Crippen molar-refractivity contribution < 1.29 is 22.5 Å². The summed E-state index contributed by atoms with van der Waals surface area (Å²) in [7, 11) is -3.76. The summed E-state index contributed by atoms with van der Waals surface area (Å²) in [5.74, 6) is -2.04. The van der Waals surface area contributed by atoms with Gasteiger partial charge in [-0.25, -0.2) is 4.79 Å². The summed E-state index contributed by atoms with van der Waals surface area (Å²) in [5, 5.41) is 8.53. The smallest absolute Gasteiger partial charge is 0.372 e. The SMILES string of the molecule is CC(C)C=C(OS(C)(=O)=O)C(=O)O. The Balaban J connectivity index is 4.76. The summed E-state index contributed by atoms with van der Waals surface area (Å²) in [4.78, 5) is 10.5. The number of carboxylic acid groups (broad SMARTS) is 1. The first-order valence-electron chi connectivity index (χ1n) is 3.57. The van der Waals surface area contributed by atoms with Crippen molar-refractivity contribution in [2.24, 2.45) is 5.92 Å². The zero-order chi connectivity index (χ0) is 10.6. The van der Waals surface area contributed by atoms with E-state index in [4.69, 9.17) is 5.11 Å². The van der Waals surface area contributed by atoms with Crippen molar-refractivity contribution in [2.45, 2.75) is 13.8 Å². The largest absolute Gasteiger partial charge is 0.475 e. The Morgan fingerprint density at radius 3 is 2.15 bits per heavy atom. The number of rotatable bonds is 4. The summed E-state index contributed by atoms with van der Waals surface area (Å²) in [6, 6.07) is 0. The van der Waals surface area contributed by atoms with Gasteiger partial charge in [0.05, 0.1) is 6.26 Å². The van der Waals surface area contributed by atoms with Crippen molar-refractivity contribution in [1.82, 2.24) is 0 Å². The molecule has 1 N–H and O–H groups in total. The molecule has 0 amide bonds. The van der Waals surface area contributed by atoms with Crippen molar-refractivity contribution in [3.63, 3.8) is 0 Å². The van der Waals surface area contributed by atoms with Gasteiger partial charge in [0.15, 0.2) is 0 Å². The average molecular weight is 208 g/mol. The molecule has 0 aliphatic rings. The summed E-state index contributed by atoms with van der Waals surface area (Å²) < 4.78 is 25.4. The third kappa shape index (κ3) is 6.15. The second-order valence-corrected chi connectivity index (χ2v) is 4.44. The number of carboxylic acids is 1. The van der Waals surface area contributed by atoms with Crippen LogP contribution in [0.3, 0.4) is 0 Å². The number of hydrogen-bond donors (Lipinski definition) is 1. The molecule has 0 atom stereocenters. The van der Waals surface area contributed by atoms with Crippen molar-refractivity contribution in [3.05, 3.63) is 11.8 Å². The summed E-state index contributed by atoms with van der Waals surface area (Å²) in [6.07, 6.45) is 2.02. The Kier molecular flexibility index (Phi) is 3.93. The maximum absolute atomic E-state index is 10.6. The van der Waals surface area contributed by atoms with Crippen LogP contribution in [-0.2, 0) is 19.1 Å². The van der Waals surface area contributed by atoms with Crippen molar-refractivity contribution >= 4 is 16.1 Å². The molecule has 0 aromatic rings. The minimum Gasteiger partial charge on any atom is -0.475 e. The lowest BCUT2D eigenvalue weighted by Gasteiger charge is -2.04. The van der Waals surface area contributed by atoms with Crippen LogP contribution in [0, 0.1) is 5.92 Å². The number of hydrogen-bond acceptors (Lipinski definition) is 4. The van der Waals surface area contributed by atoms with E-state index in [0.29, 0.717) is 0 Å². The van der Waals surface area contributed by atoms with Gasteiger partial charge >= 0.3 is 16.1 Å². The highest BCUT2D eigenvalue weighted by Gasteiger charge is 2.15. The third-order valence-electron chi connectivity index (χ3n) is 0.937. The Bertz CT molecular complexity index is 312. The molecule has 76 valence electrons. The highest BCUT2D eigenvalue weighted by Crippen LogP contribution is 2.07. The summed E-state index contributed by atoms with van der Waals surface area (Å²) in [5.41, 5.74) is 0. The minimum absolute atomic E-state index is 0.0900. The molecule has 0 unspecified atom stereocenters. The standard InChI is InChI=1S/C7H12O5S/c1-5(2)4-6(7(8)9)12-13(3,10)11/h4-5H,1-3H3,(H,8,9). The molecule has 0 fully saturated rings. The van der Waals surface area contributed by atoms with Gasteiger partial charge in [-0.3, -0.25) is 0 Å². The fourth-order valence-electron chi connectivity index (χ4n) is 0.601. The van der Waals surface area contributed by atoms with Gasteiger partial charge in [-0.1, -0.05) is 13.8 Å². The first-order valence-corrected chi connectivity index (χ1v) is 5.38. The predicted molar refractivity (Wildman–Crippen MR) is 46.5 cm³/mol. The molecule has 0 radical (unpaired) electrons. The van der Waals surface area contributed by atoms with Gasteiger partial charge in [0, 0.05) is 0 Å². The molecule has 0 bridgehead atoms. The molecule has 0 rings (SSSR count). The maximum atomic E-state index is 10.6. The highest BCUT2D eigenvalue weighted by molar-refractivity contribution is 7.86. The monoisotopic (exact) mass is 208 g/mol. The molecule has 0 heterocycles. The van der Waals surface area contributed by atoms with Gasteiger partial charge in [-0.15, -0.1) is 0 Å². The number of allylic oxidation sites excluding steroid dienone is 1. The van der Waals surface area contributed by atoms with Crippen molar-refractivity contribution in [1.29, 1.82) is 0 Å². The van der Waals surface area contributed by atoms with E-state index in [2.05, 4.69) is 4.18 Å². The molecule has 0 spiro atoms. The molecule has 0 aliphatic carbocycles. The summed E-state index contributed by atoms with van der Waals surface area (Å²) in [6.45, 7) is 3.43. The molecule has 6 heteroatoms. The van der Waals surface area contributed by atoms with E-state index in [-0.39, 0.29) is 5.92 Å². The molecule has 0 saturated carbocycles. The van der Waals surface area contributed by atoms with E-state index >= 15 is 0 Å². The zero-order valence-corrected chi connectivity index (χ0v) is 8.46. The molecule has 0 aromatic heterocycles. The normalized spacial score (nSPS) is 13.1. The second-order valence-electron chi connectivity index (χ2n) is 2.87. The van der Waals surface area contributed by atoms with Crippen molar-refractivity contribution in [3.8, 4) is 0 Å². The first-order chi connectivity index (χ1) is 5.72. The lowest BCUT2D eigenvalue weighted by Crippen LogP contribution is -2.11. The quantitative estimate of drug-likeness (QED) is 0.415. The molecule has 0 saturated heterocycles. The second kappa shape index (κ2) is 4.27. The van der Waals surface area contributed by atoms with E-state index in [1.54, 1.807) is 13.8 Å². The lowest BCUT2D eigenvalue weighted by molar-refractivity contribution is -0.135. The van der Waals surface area contributed by atoms with Crippen LogP contribution in [0.15, 0.2) is 11.8 Å². The molecule has 5 nitrogen and oxygen atoms in total. The average Bonchev–Trinajstić information content (AvgIpc) is 1.81. The Labute approximate surface area is 77.1 Å². The van der Waals surface area contributed by atoms with Gasteiger partial charge in [0.2, 0.25) is 5.76 Å². The lowest BCUT2D eigenvalue weighted by atomic mass is 10.2. The fraction of sp³-hybridized carbons (Fsp3) is 0.571. The molecular formula is C7H12O5S. The molecule has 13 heavy (non-hydrogen) atoms. The molecule has 0 aliphatic heterocycles. The van der Waals surface area contributed by atoms with E-state index in [0.717, 1.165) is 6.26 Å². The van der Waals surface area contributed by atoms with Crippen LogP contribution >= 0.6 is 0 Å². The molecular weight excluding hydrogens is 196 g/mol. The zero-order valence-electron chi connectivity index (χ0n) is 7.64. The van der Waals surface area contributed by atoms with Gasteiger partial charge < -0.3 is 9.29 Å². The third-order valence-corrected chi connectivity index (χ3v) is 1.42. The van der Waals surface area contributed by atoms with E-state index in [1.165, 1.54) is 6.08 Å². The van der Waals surface area contributed by atoms with Gasteiger partial charge in [-0.2, -0.15) is 8.42 Å². The first kappa shape index (κ1) is 12.0. The Morgan fingerprint density at radius 2 is 1.92 bits per heavy atom. The van der Waals surface area contributed by atoms with Crippen LogP contribution < -0.4 is 0 Å². The molecule has 0 aromatic carbocycles. The minimum atomic E-state index is -3.76. The number of aliphatic carboxylic acids is 1. The van der Waals surface area contributed by atoms with E-state index in [9.17, 15) is 13.2 Å². The topological polar surface area (TPSA) is 80.7 Å². The van der Waals surface area contributed by atoms with Crippen LogP contribution in [-0.4, -0.2) is 25.7 Å². The van der Waals surface area contributed by atoms with Gasteiger partial charge in [0.25, 0.3) is 0 Å². The van der Waals surface area contributed by atoms with Crippen LogP contribution in [0.5, 0.6) is 0 Å². The van der Waals surface area contributed by atoms with E-state index in [1.807, 2.05) is 0 Å². The van der Waals surface area contributed by atoms with Gasteiger partial charge in [0.1, 0.15) is 0 Å². The Morgan fingerprint density at radius 1 is 1.46 bits per heavy atom. The van der Waals surface area contributed by atoms with Crippen LogP contribution in [0.1, 0.15) is 13.8 Å². The predicted octanol–water partition coefficient (Wildman–Crippen LogP) is 0.587.